The van der Waals surface area contributed by atoms with Crippen LogP contribution >= 0.6 is 23.8 Å². The molecule has 0 radical (unpaired) electrons. The Kier molecular flexibility index (Phi) is 8.65. The Morgan fingerprint density at radius 3 is 2.55 bits per heavy atom. The van der Waals surface area contributed by atoms with Gasteiger partial charge in [0, 0.05) is 36.1 Å². The summed E-state index contributed by atoms with van der Waals surface area (Å²) in [6.45, 7) is 4.97. The van der Waals surface area contributed by atoms with Crippen LogP contribution in [0.3, 0.4) is 0 Å². The molecule has 8 heteroatoms. The smallest absolute Gasteiger partial charge is 0.234 e. The zero-order chi connectivity index (χ0) is 26.4. The van der Waals surface area contributed by atoms with Crippen LogP contribution in [0.15, 0.2) is 60.7 Å². The second-order valence-electron chi connectivity index (χ2n) is 10.7. The molecule has 2 fully saturated rings. The second kappa shape index (κ2) is 12.3. The highest BCUT2D eigenvalue weighted by Crippen LogP contribution is 2.39. The molecule has 2 N–H and O–H groups in total. The molecule has 6 nitrogen and oxygen atoms in total. The van der Waals surface area contributed by atoms with Crippen LogP contribution < -0.4 is 20.3 Å². The molecule has 2 heterocycles. The van der Waals surface area contributed by atoms with Crippen molar-refractivity contribution in [1.29, 1.82) is 0 Å². The maximum absolute atomic E-state index is 6.18. The van der Waals surface area contributed by atoms with E-state index in [1.165, 1.54) is 31.2 Å². The fourth-order valence-corrected chi connectivity index (χ4v) is 5.97. The lowest BCUT2D eigenvalue weighted by Crippen LogP contribution is -2.43. The van der Waals surface area contributed by atoms with E-state index in [9.17, 15) is 0 Å². The molecule has 1 atom stereocenters. The average molecular weight is 550 g/mol. The lowest BCUT2D eigenvalue weighted by molar-refractivity contribution is 0.292. The number of hydrogen-bond acceptors (Lipinski definition) is 5. The highest BCUT2D eigenvalue weighted by molar-refractivity contribution is 7.80. The zero-order valence-corrected chi connectivity index (χ0v) is 23.5. The SMILES string of the molecule is C[C@@H]1CCCN(c2cc(Oc3ccccc3)nc(NC(=S)NCC3(c4ccc(Cl)cc4)CCCCC3)n2)C1. The third kappa shape index (κ3) is 6.75. The van der Waals surface area contributed by atoms with Crippen molar-refractivity contribution in [2.24, 2.45) is 5.92 Å². The molecule has 0 amide bonds. The molecule has 1 saturated heterocycles. The van der Waals surface area contributed by atoms with Gasteiger partial charge in [0.2, 0.25) is 11.8 Å². The zero-order valence-electron chi connectivity index (χ0n) is 22.0. The summed E-state index contributed by atoms with van der Waals surface area (Å²) >= 11 is 11.9. The number of rotatable bonds is 7. The minimum atomic E-state index is 0.0306. The quantitative estimate of drug-likeness (QED) is 0.299. The van der Waals surface area contributed by atoms with Crippen LogP contribution in [0.2, 0.25) is 5.02 Å². The number of para-hydroxylation sites is 1. The molecule has 0 unspecified atom stereocenters. The van der Waals surface area contributed by atoms with Crippen molar-refractivity contribution in [2.75, 3.05) is 29.9 Å². The summed E-state index contributed by atoms with van der Waals surface area (Å²) in [6.07, 6.45) is 8.34. The summed E-state index contributed by atoms with van der Waals surface area (Å²) < 4.78 is 6.11. The van der Waals surface area contributed by atoms with Gasteiger partial charge in [0.25, 0.3) is 0 Å². The first-order valence-corrected chi connectivity index (χ1v) is 14.5. The van der Waals surface area contributed by atoms with E-state index in [1.54, 1.807) is 0 Å². The van der Waals surface area contributed by atoms with Crippen LogP contribution in [0, 0.1) is 5.92 Å². The first-order valence-electron chi connectivity index (χ1n) is 13.7. The van der Waals surface area contributed by atoms with Crippen molar-refractivity contribution in [3.63, 3.8) is 0 Å². The van der Waals surface area contributed by atoms with Gasteiger partial charge in [-0.1, -0.05) is 68.1 Å². The monoisotopic (exact) mass is 549 g/mol. The van der Waals surface area contributed by atoms with Gasteiger partial charge in [-0.2, -0.15) is 9.97 Å². The molecular formula is C30H36ClN5OS. The summed E-state index contributed by atoms with van der Waals surface area (Å²) in [7, 11) is 0. The molecule has 0 spiro atoms. The third-order valence-corrected chi connectivity index (χ3v) is 8.21. The molecule has 1 saturated carbocycles. The Balaban J connectivity index is 1.33. The van der Waals surface area contributed by atoms with Gasteiger partial charge < -0.3 is 20.3 Å². The highest BCUT2D eigenvalue weighted by Gasteiger charge is 2.34. The van der Waals surface area contributed by atoms with Crippen LogP contribution in [0.4, 0.5) is 11.8 Å². The van der Waals surface area contributed by atoms with E-state index in [4.69, 9.17) is 33.5 Å². The Morgan fingerprint density at radius 1 is 1.05 bits per heavy atom. The molecule has 3 aromatic rings. The number of nitrogens with zero attached hydrogens (tertiary/aromatic N) is 3. The van der Waals surface area contributed by atoms with E-state index in [0.29, 0.717) is 22.9 Å². The summed E-state index contributed by atoms with van der Waals surface area (Å²) in [5.74, 6) is 3.14. The fraction of sp³-hybridized carbons (Fsp3) is 0.433. The molecule has 1 aliphatic heterocycles. The maximum atomic E-state index is 6.18. The number of piperidine rings is 1. The summed E-state index contributed by atoms with van der Waals surface area (Å²) in [5.41, 5.74) is 1.34. The number of halogens is 1. The van der Waals surface area contributed by atoms with E-state index < -0.39 is 0 Å². The first kappa shape index (κ1) is 26.7. The second-order valence-corrected chi connectivity index (χ2v) is 11.5. The van der Waals surface area contributed by atoms with Crippen molar-refractivity contribution >= 4 is 40.7 Å². The van der Waals surface area contributed by atoms with Crippen molar-refractivity contribution in [3.8, 4) is 11.6 Å². The molecule has 0 bridgehead atoms. The normalized spacial score (nSPS) is 19.0. The van der Waals surface area contributed by atoms with Crippen molar-refractivity contribution in [2.45, 2.75) is 57.3 Å². The number of hydrogen-bond donors (Lipinski definition) is 2. The minimum absolute atomic E-state index is 0.0306. The van der Waals surface area contributed by atoms with E-state index in [1.807, 2.05) is 48.5 Å². The molecule has 1 aromatic heterocycles. The summed E-state index contributed by atoms with van der Waals surface area (Å²) in [4.78, 5) is 11.8. The average Bonchev–Trinajstić information content (AvgIpc) is 2.93. The Hall–Kier alpha value is -2.90. The molecular weight excluding hydrogens is 514 g/mol. The number of aromatic nitrogens is 2. The predicted octanol–water partition coefficient (Wildman–Crippen LogP) is 7.35. The molecule has 2 aliphatic rings. The number of thiocarbonyl (C=S) groups is 1. The van der Waals surface area contributed by atoms with Crippen LogP contribution in [0.25, 0.3) is 0 Å². The van der Waals surface area contributed by atoms with Crippen LogP contribution in [0.1, 0.15) is 57.4 Å². The fourth-order valence-electron chi connectivity index (χ4n) is 5.68. The van der Waals surface area contributed by atoms with E-state index in [2.05, 4.69) is 39.6 Å². The Morgan fingerprint density at radius 2 is 1.82 bits per heavy atom. The van der Waals surface area contributed by atoms with E-state index in [-0.39, 0.29) is 5.41 Å². The van der Waals surface area contributed by atoms with Gasteiger partial charge in [0.15, 0.2) is 5.11 Å². The highest BCUT2D eigenvalue weighted by atomic mass is 35.5. The van der Waals surface area contributed by atoms with Gasteiger partial charge in [-0.05, 0) is 73.6 Å². The van der Waals surface area contributed by atoms with Crippen molar-refractivity contribution < 1.29 is 4.74 Å². The van der Waals surface area contributed by atoms with Crippen molar-refractivity contribution in [3.05, 3.63) is 71.2 Å². The number of ether oxygens (including phenoxy) is 1. The molecule has 1 aliphatic carbocycles. The van der Waals surface area contributed by atoms with Gasteiger partial charge in [-0.15, -0.1) is 0 Å². The van der Waals surface area contributed by atoms with E-state index in [0.717, 1.165) is 55.5 Å². The lowest BCUT2D eigenvalue weighted by Gasteiger charge is -2.38. The largest absolute Gasteiger partial charge is 0.439 e. The van der Waals surface area contributed by atoms with Gasteiger partial charge in [-0.25, -0.2) is 0 Å². The third-order valence-electron chi connectivity index (χ3n) is 7.72. The topological polar surface area (TPSA) is 62.3 Å². The van der Waals surface area contributed by atoms with Crippen LogP contribution in [-0.2, 0) is 5.41 Å². The van der Waals surface area contributed by atoms with Gasteiger partial charge in [0.05, 0.1) is 0 Å². The Labute approximate surface area is 236 Å². The standard InChI is InChI=1S/C30H36ClN5OS/c1-22-9-8-18-36(20-22)26-19-27(37-25-10-4-2-5-11-25)34-28(33-26)35-29(38)32-21-30(16-6-3-7-17-30)23-12-14-24(31)15-13-23/h2,4-5,10-15,19,22H,3,6-9,16-18,20-21H2,1H3,(H2,32,33,34,35,38)/t22-/m1/s1. The minimum Gasteiger partial charge on any atom is -0.439 e. The maximum Gasteiger partial charge on any atom is 0.234 e. The molecule has 5 rings (SSSR count). The van der Waals surface area contributed by atoms with E-state index >= 15 is 0 Å². The van der Waals surface area contributed by atoms with Crippen molar-refractivity contribution in [1.82, 2.24) is 15.3 Å². The summed E-state index contributed by atoms with van der Waals surface area (Å²) in [5, 5.41) is 8.00. The molecule has 38 heavy (non-hydrogen) atoms. The lowest BCUT2D eigenvalue weighted by atomic mass is 9.69. The summed E-state index contributed by atoms with van der Waals surface area (Å²) in [6, 6.07) is 19.9. The molecule has 2 aromatic carbocycles. The molecule has 200 valence electrons. The van der Waals surface area contributed by atoms with Crippen LogP contribution in [-0.4, -0.2) is 34.7 Å². The number of nitrogens with one attached hydrogen (secondary N) is 2. The Bertz CT molecular complexity index is 1220. The van der Waals surface area contributed by atoms with Gasteiger partial charge in [0.1, 0.15) is 11.6 Å². The number of anilines is 2. The number of benzene rings is 2. The first-order chi connectivity index (χ1) is 18.5. The van der Waals surface area contributed by atoms with Gasteiger partial charge in [-0.3, -0.25) is 0 Å². The van der Waals surface area contributed by atoms with Gasteiger partial charge >= 0.3 is 0 Å². The van der Waals surface area contributed by atoms with Crippen LogP contribution in [0.5, 0.6) is 11.6 Å². The predicted molar refractivity (Wildman–Crippen MR) is 160 cm³/mol.